The molecule has 0 aliphatic carbocycles. The highest BCUT2D eigenvalue weighted by Crippen LogP contribution is 2.22. The number of carbonyl (C=O) groups excluding carboxylic acids is 1. The van der Waals surface area contributed by atoms with Crippen LogP contribution in [0.2, 0.25) is 0 Å². The SMILES string of the molecule is CC(C)(C)C(CC(=O)O)NC(=O)[C@@H](N)c1ccccc1. The van der Waals surface area contributed by atoms with Crippen molar-refractivity contribution in [2.75, 3.05) is 0 Å². The second-order valence-electron chi connectivity index (χ2n) is 5.91. The standard InChI is InChI=1S/C15H22N2O3/c1-15(2,3)11(9-12(18)19)17-14(20)13(16)10-7-5-4-6-8-10/h4-8,11,13H,9,16H2,1-3H3,(H,17,20)(H,18,19)/t11?,13-/m0/s1. The molecule has 1 aromatic carbocycles. The predicted octanol–water partition coefficient (Wildman–Crippen LogP) is 1.69. The van der Waals surface area contributed by atoms with E-state index in [0.29, 0.717) is 5.56 Å². The fraction of sp³-hybridized carbons (Fsp3) is 0.467. The van der Waals surface area contributed by atoms with Crippen LogP contribution in [0.1, 0.15) is 38.8 Å². The maximum absolute atomic E-state index is 12.2. The highest BCUT2D eigenvalue weighted by molar-refractivity contribution is 5.83. The Labute approximate surface area is 119 Å². The van der Waals surface area contributed by atoms with Gasteiger partial charge in [-0.25, -0.2) is 0 Å². The predicted molar refractivity (Wildman–Crippen MR) is 77.0 cm³/mol. The van der Waals surface area contributed by atoms with Gasteiger partial charge in [-0.3, -0.25) is 9.59 Å². The number of rotatable bonds is 5. The number of benzene rings is 1. The lowest BCUT2D eigenvalue weighted by Gasteiger charge is -2.31. The molecule has 0 spiro atoms. The Kier molecular flexibility index (Phi) is 5.27. The molecule has 0 bridgehead atoms. The van der Waals surface area contributed by atoms with E-state index in [0.717, 1.165) is 0 Å². The van der Waals surface area contributed by atoms with E-state index in [4.69, 9.17) is 10.8 Å². The van der Waals surface area contributed by atoms with Crippen molar-refractivity contribution in [3.8, 4) is 0 Å². The molecule has 5 nitrogen and oxygen atoms in total. The van der Waals surface area contributed by atoms with Crippen LogP contribution in [0.15, 0.2) is 30.3 Å². The summed E-state index contributed by atoms with van der Waals surface area (Å²) in [5.74, 6) is -1.31. The van der Waals surface area contributed by atoms with Crippen LogP contribution in [-0.2, 0) is 9.59 Å². The Morgan fingerprint density at radius 3 is 2.25 bits per heavy atom. The highest BCUT2D eigenvalue weighted by atomic mass is 16.4. The van der Waals surface area contributed by atoms with E-state index in [9.17, 15) is 9.59 Å². The van der Waals surface area contributed by atoms with Crippen LogP contribution in [0.25, 0.3) is 0 Å². The van der Waals surface area contributed by atoms with Crippen LogP contribution in [-0.4, -0.2) is 23.0 Å². The number of nitrogens with two attached hydrogens (primary N) is 1. The van der Waals surface area contributed by atoms with Crippen molar-refractivity contribution < 1.29 is 14.7 Å². The fourth-order valence-corrected chi connectivity index (χ4v) is 1.82. The maximum Gasteiger partial charge on any atom is 0.305 e. The van der Waals surface area contributed by atoms with Gasteiger partial charge in [0.15, 0.2) is 0 Å². The average Bonchev–Trinajstić information content (AvgIpc) is 2.36. The minimum atomic E-state index is -0.946. The number of aliphatic carboxylic acids is 1. The van der Waals surface area contributed by atoms with E-state index >= 15 is 0 Å². The lowest BCUT2D eigenvalue weighted by atomic mass is 9.84. The Morgan fingerprint density at radius 1 is 1.25 bits per heavy atom. The van der Waals surface area contributed by atoms with E-state index < -0.39 is 18.1 Å². The van der Waals surface area contributed by atoms with Crippen LogP contribution >= 0.6 is 0 Å². The molecule has 0 aromatic heterocycles. The lowest BCUT2D eigenvalue weighted by Crippen LogP contribution is -2.48. The summed E-state index contributed by atoms with van der Waals surface area (Å²) < 4.78 is 0. The lowest BCUT2D eigenvalue weighted by molar-refractivity contribution is -0.138. The monoisotopic (exact) mass is 278 g/mol. The molecule has 1 unspecified atom stereocenters. The Hall–Kier alpha value is -1.88. The number of amides is 1. The van der Waals surface area contributed by atoms with E-state index in [2.05, 4.69) is 5.32 Å². The molecule has 0 aliphatic heterocycles. The van der Waals surface area contributed by atoms with Gasteiger partial charge in [0.05, 0.1) is 6.42 Å². The summed E-state index contributed by atoms with van der Waals surface area (Å²) >= 11 is 0. The van der Waals surface area contributed by atoms with Gasteiger partial charge in [-0.15, -0.1) is 0 Å². The molecule has 1 amide bonds. The van der Waals surface area contributed by atoms with Gasteiger partial charge in [0.25, 0.3) is 0 Å². The first-order valence-corrected chi connectivity index (χ1v) is 6.54. The van der Waals surface area contributed by atoms with Crippen LogP contribution in [0.5, 0.6) is 0 Å². The zero-order chi connectivity index (χ0) is 15.3. The molecule has 0 saturated heterocycles. The first-order chi connectivity index (χ1) is 9.21. The average molecular weight is 278 g/mol. The van der Waals surface area contributed by atoms with Crippen molar-refractivity contribution in [2.45, 2.75) is 39.3 Å². The van der Waals surface area contributed by atoms with Gasteiger partial charge >= 0.3 is 5.97 Å². The molecular formula is C15H22N2O3. The van der Waals surface area contributed by atoms with Crippen molar-refractivity contribution in [1.82, 2.24) is 5.32 Å². The molecule has 1 rings (SSSR count). The van der Waals surface area contributed by atoms with Gasteiger partial charge < -0.3 is 16.2 Å². The van der Waals surface area contributed by atoms with E-state index in [1.807, 2.05) is 26.8 Å². The smallest absolute Gasteiger partial charge is 0.305 e. The van der Waals surface area contributed by atoms with Gasteiger partial charge in [0.1, 0.15) is 6.04 Å². The zero-order valence-corrected chi connectivity index (χ0v) is 12.1. The summed E-state index contributed by atoms with van der Waals surface area (Å²) in [6.07, 6.45) is -0.128. The van der Waals surface area contributed by atoms with Crippen molar-refractivity contribution in [2.24, 2.45) is 11.1 Å². The third-order valence-corrected chi connectivity index (χ3v) is 3.18. The highest BCUT2D eigenvalue weighted by Gasteiger charge is 2.30. The van der Waals surface area contributed by atoms with Crippen molar-refractivity contribution in [1.29, 1.82) is 0 Å². The van der Waals surface area contributed by atoms with Crippen molar-refractivity contribution in [3.63, 3.8) is 0 Å². The van der Waals surface area contributed by atoms with Crippen LogP contribution in [0, 0.1) is 5.41 Å². The molecule has 0 radical (unpaired) electrons. The number of hydrogen-bond donors (Lipinski definition) is 3. The summed E-state index contributed by atoms with van der Waals surface area (Å²) in [7, 11) is 0. The Morgan fingerprint density at radius 2 is 1.80 bits per heavy atom. The largest absolute Gasteiger partial charge is 0.481 e. The van der Waals surface area contributed by atoms with Gasteiger partial charge in [0, 0.05) is 6.04 Å². The van der Waals surface area contributed by atoms with Gasteiger partial charge in [-0.2, -0.15) is 0 Å². The van der Waals surface area contributed by atoms with E-state index in [-0.39, 0.29) is 17.7 Å². The quantitative estimate of drug-likeness (QED) is 0.764. The zero-order valence-electron chi connectivity index (χ0n) is 12.1. The van der Waals surface area contributed by atoms with Gasteiger partial charge in [0.2, 0.25) is 5.91 Å². The van der Waals surface area contributed by atoms with Crippen LogP contribution in [0.4, 0.5) is 0 Å². The fourth-order valence-electron chi connectivity index (χ4n) is 1.82. The number of hydrogen-bond acceptors (Lipinski definition) is 3. The molecule has 2 atom stereocenters. The summed E-state index contributed by atoms with van der Waals surface area (Å²) in [4.78, 5) is 23.0. The molecule has 110 valence electrons. The topological polar surface area (TPSA) is 92.4 Å². The minimum absolute atomic E-state index is 0.128. The number of carboxylic acids is 1. The number of nitrogens with one attached hydrogen (secondary N) is 1. The second kappa shape index (κ2) is 6.52. The number of carboxylic acid groups (broad SMARTS) is 1. The van der Waals surface area contributed by atoms with Gasteiger partial charge in [-0.1, -0.05) is 51.1 Å². The Balaban J connectivity index is 2.78. The third kappa shape index (κ3) is 4.66. The molecule has 0 heterocycles. The summed E-state index contributed by atoms with van der Waals surface area (Å²) in [6, 6.07) is 7.73. The van der Waals surface area contributed by atoms with E-state index in [1.165, 1.54) is 0 Å². The molecule has 0 aliphatic rings. The summed E-state index contributed by atoms with van der Waals surface area (Å²) in [5, 5.41) is 11.7. The minimum Gasteiger partial charge on any atom is -0.481 e. The van der Waals surface area contributed by atoms with Crippen molar-refractivity contribution >= 4 is 11.9 Å². The summed E-state index contributed by atoms with van der Waals surface area (Å²) in [5.41, 5.74) is 6.25. The molecule has 0 fully saturated rings. The first kappa shape index (κ1) is 16.2. The normalized spacial score (nSPS) is 14.4. The van der Waals surface area contributed by atoms with Gasteiger partial charge in [-0.05, 0) is 11.0 Å². The molecule has 5 heteroatoms. The molecule has 4 N–H and O–H groups in total. The van der Waals surface area contributed by atoms with Crippen molar-refractivity contribution in [3.05, 3.63) is 35.9 Å². The maximum atomic E-state index is 12.2. The Bertz CT molecular complexity index is 466. The van der Waals surface area contributed by atoms with E-state index in [1.54, 1.807) is 24.3 Å². The number of carbonyl (C=O) groups is 2. The van der Waals surface area contributed by atoms with Crippen LogP contribution in [0.3, 0.4) is 0 Å². The molecule has 0 saturated carbocycles. The molecule has 20 heavy (non-hydrogen) atoms. The van der Waals surface area contributed by atoms with Crippen LogP contribution < -0.4 is 11.1 Å². The first-order valence-electron chi connectivity index (χ1n) is 6.54. The third-order valence-electron chi connectivity index (χ3n) is 3.18. The summed E-state index contributed by atoms with van der Waals surface area (Å²) in [6.45, 7) is 5.65. The second-order valence-corrected chi connectivity index (χ2v) is 5.91. The molecular weight excluding hydrogens is 256 g/mol. The molecule has 1 aromatic rings.